The van der Waals surface area contributed by atoms with Gasteiger partial charge >= 0.3 is 0 Å². The lowest BCUT2D eigenvalue weighted by molar-refractivity contribution is 0.0645. The van der Waals surface area contributed by atoms with E-state index >= 15 is 0 Å². The van der Waals surface area contributed by atoms with Crippen LogP contribution in [0.5, 0.6) is 11.5 Å². The van der Waals surface area contributed by atoms with Crippen LogP contribution in [0.1, 0.15) is 55.2 Å². The van der Waals surface area contributed by atoms with Crippen LogP contribution in [-0.4, -0.2) is 74.4 Å². The average molecular weight is 727 g/mol. The fourth-order valence-electron chi connectivity index (χ4n) is 6.11. The van der Waals surface area contributed by atoms with Crippen molar-refractivity contribution < 1.29 is 19.8 Å². The topological polar surface area (TPSA) is 177 Å². The number of rotatable bonds is 5. The Morgan fingerprint density at radius 1 is 0.611 bits per heavy atom. The Bertz CT molecular complexity index is 2330. The molecule has 0 spiro atoms. The largest absolute Gasteiger partial charge is 0.502 e. The zero-order valence-electron chi connectivity index (χ0n) is 29.7. The van der Waals surface area contributed by atoms with Crippen molar-refractivity contribution in [2.75, 3.05) is 13.1 Å². The lowest BCUT2D eigenvalue weighted by Crippen LogP contribution is -2.45. The normalized spacial score (nSPS) is 14.5. The van der Waals surface area contributed by atoms with E-state index in [0.29, 0.717) is 38.4 Å². The molecule has 6 aromatic rings. The van der Waals surface area contributed by atoms with Gasteiger partial charge in [-0.05, 0) is 49.2 Å². The fraction of sp³-hybridized carbons (Fsp3) is 0.200. The summed E-state index contributed by atoms with van der Waals surface area (Å²) in [5.41, 5.74) is 1.67. The number of hydrogen-bond donors (Lipinski definition) is 2. The maximum Gasteiger partial charge on any atom is 0.276 e. The Morgan fingerprint density at radius 2 is 1.13 bits per heavy atom. The van der Waals surface area contributed by atoms with Crippen molar-refractivity contribution in [2.45, 2.75) is 39.5 Å². The van der Waals surface area contributed by atoms with Gasteiger partial charge < -0.3 is 20.0 Å². The van der Waals surface area contributed by atoms with Gasteiger partial charge in [-0.3, -0.25) is 33.8 Å². The standard InChI is InChI=1S/C20H18N4O3.C15H15N3O3.C5H5N/c1-13-18(25)19(26)17-20(27)23(11-14-7-3-2-4-8-14)12-16(24(17)22-13)15-9-5-6-10-21-15;1-10-13(19)14(20)12-15(21)17(7-8-18(12)16-10)9-11-5-3-2-4-6-11;1-2-4-6-5-3-1/h2-10,16,26H,11-12H2,1H3;2-6,20H,7-9H2,1H3;1-5H. The molecule has 54 heavy (non-hydrogen) atoms. The number of hydrogen-bond acceptors (Lipinski definition) is 10. The molecule has 0 fully saturated rings. The first-order valence-electron chi connectivity index (χ1n) is 17.2. The van der Waals surface area contributed by atoms with Crippen molar-refractivity contribution in [3.63, 3.8) is 0 Å². The summed E-state index contributed by atoms with van der Waals surface area (Å²) >= 11 is 0. The molecule has 0 aliphatic carbocycles. The highest BCUT2D eigenvalue weighted by Crippen LogP contribution is 2.29. The number of aromatic nitrogens is 6. The molecule has 6 heterocycles. The van der Waals surface area contributed by atoms with Gasteiger partial charge in [0.05, 0.1) is 12.2 Å². The van der Waals surface area contributed by atoms with E-state index in [9.17, 15) is 29.4 Å². The molecule has 2 N–H and O–H groups in total. The van der Waals surface area contributed by atoms with Crippen LogP contribution in [0.3, 0.4) is 0 Å². The summed E-state index contributed by atoms with van der Waals surface area (Å²) in [6.07, 6.45) is 5.17. The Morgan fingerprint density at radius 3 is 1.69 bits per heavy atom. The van der Waals surface area contributed by atoms with E-state index in [4.69, 9.17) is 0 Å². The van der Waals surface area contributed by atoms with Crippen LogP contribution in [0.25, 0.3) is 0 Å². The predicted molar refractivity (Wildman–Crippen MR) is 199 cm³/mol. The average Bonchev–Trinajstić information content (AvgIpc) is 3.20. The lowest BCUT2D eigenvalue weighted by Gasteiger charge is -2.35. The Kier molecular flexibility index (Phi) is 11.3. The van der Waals surface area contributed by atoms with E-state index in [1.807, 2.05) is 97.1 Å². The number of nitrogens with zero attached hydrogens (tertiary/aromatic N) is 8. The van der Waals surface area contributed by atoms with Crippen LogP contribution >= 0.6 is 0 Å². The van der Waals surface area contributed by atoms with Crippen LogP contribution in [0.15, 0.2) is 125 Å². The minimum Gasteiger partial charge on any atom is -0.502 e. The second-order valence-corrected chi connectivity index (χ2v) is 12.6. The summed E-state index contributed by atoms with van der Waals surface area (Å²) in [6.45, 7) is 5.15. The van der Waals surface area contributed by atoms with Crippen molar-refractivity contribution in [3.8, 4) is 11.5 Å². The van der Waals surface area contributed by atoms with Gasteiger partial charge in [0.15, 0.2) is 22.9 Å². The third kappa shape index (κ3) is 8.07. The van der Waals surface area contributed by atoms with Gasteiger partial charge in [0.1, 0.15) is 17.4 Å². The molecule has 1 unspecified atom stereocenters. The van der Waals surface area contributed by atoms with E-state index in [2.05, 4.69) is 20.2 Å². The maximum atomic E-state index is 13.0. The van der Waals surface area contributed by atoms with E-state index in [1.165, 1.54) is 23.2 Å². The highest BCUT2D eigenvalue weighted by molar-refractivity contribution is 5.96. The molecule has 0 bridgehead atoms. The molecule has 2 aliphatic rings. The van der Waals surface area contributed by atoms with Crippen LogP contribution in [-0.2, 0) is 19.6 Å². The predicted octanol–water partition coefficient (Wildman–Crippen LogP) is 3.89. The third-order valence-electron chi connectivity index (χ3n) is 8.83. The van der Waals surface area contributed by atoms with E-state index in [-0.39, 0.29) is 28.7 Å². The van der Waals surface area contributed by atoms with Crippen molar-refractivity contribution in [1.29, 1.82) is 0 Å². The zero-order chi connectivity index (χ0) is 38.2. The summed E-state index contributed by atoms with van der Waals surface area (Å²) in [5, 5.41) is 28.7. The molecule has 2 aromatic carbocycles. The zero-order valence-corrected chi connectivity index (χ0v) is 29.7. The number of carbonyl (C=O) groups is 2. The van der Waals surface area contributed by atoms with Crippen molar-refractivity contribution in [1.82, 2.24) is 39.3 Å². The van der Waals surface area contributed by atoms with Crippen molar-refractivity contribution in [3.05, 3.63) is 176 Å². The minimum atomic E-state index is -0.629. The molecule has 0 radical (unpaired) electrons. The first-order chi connectivity index (χ1) is 26.1. The molecule has 2 amide bonds. The van der Waals surface area contributed by atoms with Gasteiger partial charge in [0.2, 0.25) is 10.9 Å². The van der Waals surface area contributed by atoms with Crippen LogP contribution in [0.2, 0.25) is 0 Å². The number of pyridine rings is 2. The molecule has 14 nitrogen and oxygen atoms in total. The number of benzene rings is 2. The van der Waals surface area contributed by atoms with E-state index in [1.54, 1.807) is 28.4 Å². The first-order valence-corrected chi connectivity index (χ1v) is 17.2. The highest BCUT2D eigenvalue weighted by Gasteiger charge is 2.37. The quantitative estimate of drug-likeness (QED) is 0.265. The van der Waals surface area contributed by atoms with Gasteiger partial charge in [-0.25, -0.2) is 4.68 Å². The molecular formula is C40H38N8O6. The van der Waals surface area contributed by atoms with E-state index < -0.39 is 34.3 Å². The monoisotopic (exact) mass is 726 g/mol. The Balaban J connectivity index is 0.000000163. The molecule has 274 valence electrons. The molecular weight excluding hydrogens is 688 g/mol. The molecule has 8 rings (SSSR count). The Labute approximate surface area is 310 Å². The first kappa shape index (κ1) is 36.8. The molecule has 1 atom stereocenters. The van der Waals surface area contributed by atoms with E-state index in [0.717, 1.165) is 11.1 Å². The van der Waals surface area contributed by atoms with Gasteiger partial charge in [0, 0.05) is 44.8 Å². The van der Waals surface area contributed by atoms with Gasteiger partial charge in [-0.1, -0.05) is 72.8 Å². The summed E-state index contributed by atoms with van der Waals surface area (Å²) in [7, 11) is 0. The molecule has 0 saturated carbocycles. The molecule has 4 aromatic heterocycles. The second kappa shape index (κ2) is 16.6. The van der Waals surface area contributed by atoms with Gasteiger partial charge in [-0.2, -0.15) is 10.2 Å². The van der Waals surface area contributed by atoms with Crippen LogP contribution in [0.4, 0.5) is 0 Å². The smallest absolute Gasteiger partial charge is 0.276 e. The Hall–Kier alpha value is -6.96. The summed E-state index contributed by atoms with van der Waals surface area (Å²) in [6, 6.07) is 30.0. The number of aryl methyl sites for hydroxylation is 2. The van der Waals surface area contributed by atoms with Crippen molar-refractivity contribution in [2.24, 2.45) is 0 Å². The molecule has 0 saturated heterocycles. The molecule has 14 heteroatoms. The highest BCUT2D eigenvalue weighted by atomic mass is 16.3. The number of carbonyl (C=O) groups excluding carboxylic acids is 2. The SMILES string of the molecule is Cc1nn2c(c(O)c1=O)C(=O)N(Cc1ccccc1)CC2.Cc1nn2c(c(O)c1=O)C(=O)N(Cc1ccccc1)CC2c1ccccn1.c1ccncc1. The summed E-state index contributed by atoms with van der Waals surface area (Å²) in [5.74, 6) is -1.86. The van der Waals surface area contributed by atoms with Gasteiger partial charge in [-0.15, -0.1) is 0 Å². The number of amides is 2. The maximum absolute atomic E-state index is 13.0. The third-order valence-corrected chi connectivity index (χ3v) is 8.83. The number of aromatic hydroxyl groups is 2. The van der Waals surface area contributed by atoms with Crippen LogP contribution in [0, 0.1) is 13.8 Å². The van der Waals surface area contributed by atoms with Crippen molar-refractivity contribution >= 4 is 11.8 Å². The molecule has 2 aliphatic heterocycles. The summed E-state index contributed by atoms with van der Waals surface area (Å²) < 4.78 is 2.84. The number of fused-ring (bicyclic) bond motifs is 2. The minimum absolute atomic E-state index is 0.0206. The van der Waals surface area contributed by atoms with Crippen LogP contribution < -0.4 is 10.9 Å². The van der Waals surface area contributed by atoms with Gasteiger partial charge in [0.25, 0.3) is 11.8 Å². The fourth-order valence-corrected chi connectivity index (χ4v) is 6.11. The second-order valence-electron chi connectivity index (χ2n) is 12.6. The summed E-state index contributed by atoms with van der Waals surface area (Å²) in [4.78, 5) is 60.8. The lowest BCUT2D eigenvalue weighted by atomic mass is 10.1.